The number of hydrogen-bond acceptors (Lipinski definition) is 4. The lowest BCUT2D eigenvalue weighted by Crippen LogP contribution is -2.45. The average Bonchev–Trinajstić information content (AvgIpc) is 2.94. The largest absolute Gasteiger partial charge is 0.322 e. The molecule has 1 aliphatic rings. The summed E-state index contributed by atoms with van der Waals surface area (Å²) in [4.78, 5) is 19.0. The van der Waals surface area contributed by atoms with E-state index in [-0.39, 0.29) is 24.4 Å². The van der Waals surface area contributed by atoms with Crippen molar-refractivity contribution in [2.24, 2.45) is 0 Å². The van der Waals surface area contributed by atoms with Crippen molar-refractivity contribution in [2.75, 3.05) is 57.4 Å². The maximum absolute atomic E-state index is 13.5. The van der Waals surface area contributed by atoms with Crippen LogP contribution >= 0.6 is 24.2 Å². The van der Waals surface area contributed by atoms with Crippen molar-refractivity contribution >= 4 is 35.9 Å². The summed E-state index contributed by atoms with van der Waals surface area (Å²) in [7, 11) is 0. The van der Waals surface area contributed by atoms with E-state index in [4.69, 9.17) is 0 Å². The monoisotopic (exact) mass is 550 g/mol. The van der Waals surface area contributed by atoms with Crippen LogP contribution in [0.25, 0.3) is 0 Å². The van der Waals surface area contributed by atoms with Crippen LogP contribution in [0.2, 0.25) is 0 Å². The number of carbonyl (C=O) groups excluding carboxylic acids is 1. The SMILES string of the molecule is C=C(CN1CCNCC1)CN(CCC(c1ccccc1)c1ccccc1)C(=O)Nc1ccc(SC)cc1.Cl. The zero-order valence-corrected chi connectivity index (χ0v) is 23.8. The van der Waals surface area contributed by atoms with Crippen LogP contribution in [0.15, 0.2) is 102 Å². The number of nitrogens with one attached hydrogen (secondary N) is 2. The molecule has 3 aromatic carbocycles. The van der Waals surface area contributed by atoms with E-state index in [1.54, 1.807) is 11.8 Å². The predicted molar refractivity (Wildman–Crippen MR) is 164 cm³/mol. The van der Waals surface area contributed by atoms with E-state index in [9.17, 15) is 4.79 Å². The summed E-state index contributed by atoms with van der Waals surface area (Å²) in [6.07, 6.45) is 2.88. The van der Waals surface area contributed by atoms with Gasteiger partial charge in [0.2, 0.25) is 0 Å². The molecule has 5 nitrogen and oxygen atoms in total. The zero-order chi connectivity index (χ0) is 25.9. The van der Waals surface area contributed by atoms with E-state index in [1.165, 1.54) is 16.0 Å². The maximum atomic E-state index is 13.5. The van der Waals surface area contributed by atoms with E-state index in [0.717, 1.165) is 50.4 Å². The van der Waals surface area contributed by atoms with Gasteiger partial charge >= 0.3 is 6.03 Å². The number of benzene rings is 3. The molecule has 0 aromatic heterocycles. The lowest BCUT2D eigenvalue weighted by molar-refractivity contribution is 0.210. The second kappa shape index (κ2) is 15.6. The topological polar surface area (TPSA) is 47.6 Å². The first-order valence-electron chi connectivity index (χ1n) is 13.0. The van der Waals surface area contributed by atoms with Gasteiger partial charge in [-0.3, -0.25) is 4.90 Å². The molecule has 1 aliphatic heterocycles. The van der Waals surface area contributed by atoms with Gasteiger partial charge in [0, 0.05) is 62.3 Å². The smallest absolute Gasteiger partial charge is 0.320 e. The standard InChI is InChI=1S/C31H38N4OS.ClH/c1-25(23-34-21-18-32-19-22-34)24-35(31(36)33-28-13-15-29(37-2)16-14-28)20-17-30(26-9-5-3-6-10-26)27-11-7-4-8-12-27;/h3-16,30,32H,1,17-24H2,2H3,(H,33,36);1H. The Labute approximate surface area is 238 Å². The van der Waals surface area contributed by atoms with Gasteiger partial charge in [-0.2, -0.15) is 0 Å². The number of piperazine rings is 1. The van der Waals surface area contributed by atoms with Crippen molar-refractivity contribution < 1.29 is 4.79 Å². The Morgan fingerprint density at radius 2 is 1.55 bits per heavy atom. The normalized spacial score (nSPS) is 13.5. The highest BCUT2D eigenvalue weighted by Gasteiger charge is 2.21. The second-order valence-corrected chi connectivity index (χ2v) is 10.4. The van der Waals surface area contributed by atoms with Gasteiger partial charge in [-0.25, -0.2) is 4.79 Å². The van der Waals surface area contributed by atoms with Gasteiger partial charge in [0.15, 0.2) is 0 Å². The highest BCUT2D eigenvalue weighted by Crippen LogP contribution is 2.28. The highest BCUT2D eigenvalue weighted by molar-refractivity contribution is 7.98. The van der Waals surface area contributed by atoms with Crippen LogP contribution in [-0.4, -0.2) is 67.9 Å². The Morgan fingerprint density at radius 1 is 0.974 bits per heavy atom. The summed E-state index contributed by atoms with van der Waals surface area (Å²) in [5.41, 5.74) is 4.40. The van der Waals surface area contributed by atoms with Crippen LogP contribution in [0.1, 0.15) is 23.5 Å². The summed E-state index contributed by atoms with van der Waals surface area (Å²) in [6.45, 7) is 10.4. The molecule has 1 heterocycles. The lowest BCUT2D eigenvalue weighted by Gasteiger charge is -2.31. The van der Waals surface area contributed by atoms with Gasteiger partial charge in [0.1, 0.15) is 0 Å². The minimum atomic E-state index is -0.0850. The number of amides is 2. The van der Waals surface area contributed by atoms with E-state index < -0.39 is 0 Å². The number of thioether (sulfide) groups is 1. The van der Waals surface area contributed by atoms with Crippen LogP contribution in [0.4, 0.5) is 10.5 Å². The van der Waals surface area contributed by atoms with Crippen LogP contribution in [0, 0.1) is 0 Å². The fourth-order valence-corrected chi connectivity index (χ4v) is 5.22. The molecule has 0 atom stereocenters. The van der Waals surface area contributed by atoms with Crippen molar-refractivity contribution in [3.05, 3.63) is 108 Å². The molecule has 0 aliphatic carbocycles. The Kier molecular flexibility index (Phi) is 12.2. The molecule has 7 heteroatoms. The molecule has 4 rings (SSSR count). The van der Waals surface area contributed by atoms with Gasteiger partial charge < -0.3 is 15.5 Å². The third-order valence-corrected chi connectivity index (χ3v) is 7.53. The van der Waals surface area contributed by atoms with Gasteiger partial charge in [0.05, 0.1) is 0 Å². The van der Waals surface area contributed by atoms with Crippen molar-refractivity contribution in [1.29, 1.82) is 0 Å². The predicted octanol–water partition coefficient (Wildman–Crippen LogP) is 6.35. The molecule has 38 heavy (non-hydrogen) atoms. The Morgan fingerprint density at radius 3 is 2.11 bits per heavy atom. The Hall–Kier alpha value is -2.77. The summed E-state index contributed by atoms with van der Waals surface area (Å²) in [5, 5.41) is 6.52. The zero-order valence-electron chi connectivity index (χ0n) is 22.1. The minimum Gasteiger partial charge on any atom is -0.320 e. The molecule has 0 unspecified atom stereocenters. The number of rotatable bonds is 11. The fourth-order valence-electron chi connectivity index (χ4n) is 4.82. The number of halogens is 1. The first kappa shape index (κ1) is 29.8. The van der Waals surface area contributed by atoms with Crippen molar-refractivity contribution in [2.45, 2.75) is 17.2 Å². The molecule has 0 spiro atoms. The number of hydrogen-bond donors (Lipinski definition) is 2. The van der Waals surface area contributed by atoms with Gasteiger partial charge in [0.25, 0.3) is 0 Å². The molecule has 202 valence electrons. The number of carbonyl (C=O) groups is 1. The summed E-state index contributed by atoms with van der Waals surface area (Å²) >= 11 is 1.69. The molecular formula is C31H39ClN4OS. The molecule has 2 amide bonds. The molecule has 1 fully saturated rings. The molecule has 0 bridgehead atoms. The second-order valence-electron chi connectivity index (χ2n) is 9.52. The van der Waals surface area contributed by atoms with Gasteiger partial charge in [-0.05, 0) is 53.6 Å². The minimum absolute atomic E-state index is 0. The Bertz CT molecular complexity index is 1080. The highest BCUT2D eigenvalue weighted by atomic mass is 35.5. The number of nitrogens with zero attached hydrogens (tertiary/aromatic N) is 2. The molecule has 0 saturated carbocycles. The summed E-state index contributed by atoms with van der Waals surface area (Å²) < 4.78 is 0. The first-order valence-corrected chi connectivity index (χ1v) is 14.2. The molecule has 1 saturated heterocycles. The van der Waals surface area contributed by atoms with Crippen molar-refractivity contribution in [1.82, 2.24) is 15.1 Å². The third-order valence-electron chi connectivity index (χ3n) is 6.79. The van der Waals surface area contributed by atoms with E-state index in [1.807, 2.05) is 41.3 Å². The van der Waals surface area contributed by atoms with E-state index in [0.29, 0.717) is 13.1 Å². The maximum Gasteiger partial charge on any atom is 0.322 e. The first-order chi connectivity index (χ1) is 18.1. The van der Waals surface area contributed by atoms with Crippen molar-refractivity contribution in [3.63, 3.8) is 0 Å². The van der Waals surface area contributed by atoms with E-state index >= 15 is 0 Å². The molecule has 2 N–H and O–H groups in total. The quantitative estimate of drug-likeness (QED) is 0.216. The molecule has 3 aromatic rings. The van der Waals surface area contributed by atoms with E-state index in [2.05, 4.69) is 76.9 Å². The van der Waals surface area contributed by atoms with Crippen LogP contribution in [-0.2, 0) is 0 Å². The molecular weight excluding hydrogens is 512 g/mol. The fraction of sp³-hybridized carbons (Fsp3) is 0.323. The third kappa shape index (κ3) is 8.91. The average molecular weight is 551 g/mol. The van der Waals surface area contributed by atoms with Crippen LogP contribution in [0.3, 0.4) is 0 Å². The van der Waals surface area contributed by atoms with Crippen molar-refractivity contribution in [3.8, 4) is 0 Å². The van der Waals surface area contributed by atoms with Gasteiger partial charge in [-0.1, -0.05) is 67.2 Å². The molecule has 0 radical (unpaired) electrons. The van der Waals surface area contributed by atoms with Crippen LogP contribution in [0.5, 0.6) is 0 Å². The Balaban J connectivity index is 0.00000400. The van der Waals surface area contributed by atoms with Crippen LogP contribution < -0.4 is 10.6 Å². The van der Waals surface area contributed by atoms with Gasteiger partial charge in [-0.15, -0.1) is 24.2 Å². The summed E-state index contributed by atoms with van der Waals surface area (Å²) in [6, 6.07) is 29.1. The summed E-state index contributed by atoms with van der Waals surface area (Å²) in [5.74, 6) is 0.208. The lowest BCUT2D eigenvalue weighted by atomic mass is 9.88. The number of urea groups is 1. The number of anilines is 1.